The van der Waals surface area contributed by atoms with Crippen LogP contribution in [0.4, 0.5) is 0 Å². The minimum atomic E-state index is -0.215. The van der Waals surface area contributed by atoms with Crippen LogP contribution >= 0.6 is 15.9 Å². The van der Waals surface area contributed by atoms with E-state index in [9.17, 15) is 4.79 Å². The maximum Gasteiger partial charge on any atom is 0.244 e. The summed E-state index contributed by atoms with van der Waals surface area (Å²) in [6.45, 7) is 2.03. The van der Waals surface area contributed by atoms with E-state index in [4.69, 9.17) is 9.15 Å². The van der Waals surface area contributed by atoms with Crippen LogP contribution in [0.15, 0.2) is 68.6 Å². The zero-order chi connectivity index (χ0) is 19.2. The molecular formula is C21H19BrN2O3. The van der Waals surface area contributed by atoms with Gasteiger partial charge in [-0.05, 0) is 54.4 Å². The van der Waals surface area contributed by atoms with E-state index in [-0.39, 0.29) is 12.3 Å². The topological polar surface area (TPSA) is 63.8 Å². The van der Waals surface area contributed by atoms with Crippen molar-refractivity contribution in [2.75, 3.05) is 7.11 Å². The predicted molar refractivity (Wildman–Crippen MR) is 109 cm³/mol. The highest BCUT2D eigenvalue weighted by molar-refractivity contribution is 9.10. The molecule has 6 heteroatoms. The van der Waals surface area contributed by atoms with E-state index in [2.05, 4.69) is 26.5 Å². The molecule has 0 aliphatic carbocycles. The average Bonchev–Trinajstić information content (AvgIpc) is 3.10. The number of carbonyl (C=O) groups is 1. The number of nitrogens with one attached hydrogen (secondary N) is 1. The highest BCUT2D eigenvalue weighted by atomic mass is 79.9. The van der Waals surface area contributed by atoms with Gasteiger partial charge in [-0.2, -0.15) is 5.10 Å². The van der Waals surface area contributed by atoms with E-state index in [1.165, 1.54) is 6.21 Å². The normalized spacial score (nSPS) is 10.9. The molecule has 0 radical (unpaired) electrons. The molecule has 5 nitrogen and oxygen atoms in total. The monoisotopic (exact) mass is 426 g/mol. The number of hydrogen-bond acceptors (Lipinski definition) is 4. The minimum Gasteiger partial charge on any atom is -0.497 e. The van der Waals surface area contributed by atoms with Crippen molar-refractivity contribution in [1.29, 1.82) is 0 Å². The molecule has 1 amide bonds. The summed E-state index contributed by atoms with van der Waals surface area (Å²) < 4.78 is 11.9. The van der Waals surface area contributed by atoms with Gasteiger partial charge in [0.05, 0.1) is 19.7 Å². The molecule has 0 fully saturated rings. The third kappa shape index (κ3) is 5.08. The van der Waals surface area contributed by atoms with Crippen molar-refractivity contribution < 1.29 is 13.9 Å². The first kappa shape index (κ1) is 18.9. The van der Waals surface area contributed by atoms with Gasteiger partial charge in [0.1, 0.15) is 17.3 Å². The Morgan fingerprint density at radius 2 is 2.07 bits per heavy atom. The molecule has 1 N–H and O–H groups in total. The number of amides is 1. The Labute approximate surface area is 166 Å². The SMILES string of the molecule is COc1cccc(CC(=O)N/N=C/c2ccc(-c3ccc(C)cc3Br)o2)c1. The fourth-order valence-electron chi connectivity index (χ4n) is 2.56. The van der Waals surface area contributed by atoms with E-state index in [0.717, 1.165) is 26.9 Å². The van der Waals surface area contributed by atoms with Crippen LogP contribution in [0.25, 0.3) is 11.3 Å². The molecule has 1 heterocycles. The quantitative estimate of drug-likeness (QED) is 0.458. The molecule has 0 aliphatic rings. The van der Waals surface area contributed by atoms with Crippen LogP contribution < -0.4 is 10.2 Å². The van der Waals surface area contributed by atoms with Crippen molar-refractivity contribution in [2.24, 2.45) is 5.10 Å². The van der Waals surface area contributed by atoms with Gasteiger partial charge in [-0.25, -0.2) is 5.43 Å². The number of benzene rings is 2. The summed E-state index contributed by atoms with van der Waals surface area (Å²) in [6.07, 6.45) is 1.70. The van der Waals surface area contributed by atoms with Crippen molar-refractivity contribution in [3.05, 3.63) is 76.0 Å². The maximum absolute atomic E-state index is 12.0. The van der Waals surface area contributed by atoms with E-state index >= 15 is 0 Å². The number of methoxy groups -OCH3 is 1. The Balaban J connectivity index is 1.60. The van der Waals surface area contributed by atoms with Crippen LogP contribution in [0.3, 0.4) is 0 Å². The second-order valence-corrected chi connectivity index (χ2v) is 6.86. The summed E-state index contributed by atoms with van der Waals surface area (Å²) in [4.78, 5) is 12.0. The van der Waals surface area contributed by atoms with Crippen molar-refractivity contribution in [1.82, 2.24) is 5.43 Å². The summed E-state index contributed by atoms with van der Waals surface area (Å²) in [5, 5.41) is 3.96. The Kier molecular flexibility index (Phi) is 6.08. The third-order valence-corrected chi connectivity index (χ3v) is 4.55. The molecule has 27 heavy (non-hydrogen) atoms. The average molecular weight is 427 g/mol. The van der Waals surface area contributed by atoms with Gasteiger partial charge in [0.2, 0.25) is 5.91 Å². The number of furan rings is 1. The molecule has 0 aliphatic heterocycles. The van der Waals surface area contributed by atoms with Crippen molar-refractivity contribution in [3.63, 3.8) is 0 Å². The first-order valence-electron chi connectivity index (χ1n) is 8.36. The highest BCUT2D eigenvalue weighted by Gasteiger charge is 2.08. The van der Waals surface area contributed by atoms with Crippen molar-refractivity contribution in [2.45, 2.75) is 13.3 Å². The van der Waals surface area contributed by atoms with Crippen LogP contribution in [-0.4, -0.2) is 19.2 Å². The van der Waals surface area contributed by atoms with Gasteiger partial charge in [-0.15, -0.1) is 0 Å². The van der Waals surface area contributed by atoms with Crippen molar-refractivity contribution in [3.8, 4) is 17.1 Å². The molecular weight excluding hydrogens is 408 g/mol. The molecule has 0 atom stereocenters. The number of hydrazone groups is 1. The first-order valence-corrected chi connectivity index (χ1v) is 9.15. The minimum absolute atomic E-state index is 0.215. The summed E-state index contributed by atoms with van der Waals surface area (Å²) in [7, 11) is 1.59. The fourth-order valence-corrected chi connectivity index (χ4v) is 3.25. The lowest BCUT2D eigenvalue weighted by Crippen LogP contribution is -2.19. The summed E-state index contributed by atoms with van der Waals surface area (Å²) >= 11 is 3.55. The number of hydrogen-bond donors (Lipinski definition) is 1. The van der Waals surface area contributed by atoms with Crippen LogP contribution in [-0.2, 0) is 11.2 Å². The van der Waals surface area contributed by atoms with Gasteiger partial charge in [0.15, 0.2) is 0 Å². The van der Waals surface area contributed by atoms with Crippen LogP contribution in [0.1, 0.15) is 16.9 Å². The lowest BCUT2D eigenvalue weighted by atomic mass is 10.1. The molecule has 0 saturated carbocycles. The number of carbonyl (C=O) groups excluding carboxylic acids is 1. The molecule has 138 valence electrons. The van der Waals surface area contributed by atoms with Gasteiger partial charge in [-0.3, -0.25) is 4.79 Å². The second kappa shape index (κ2) is 8.68. The van der Waals surface area contributed by atoms with Gasteiger partial charge in [-0.1, -0.05) is 34.1 Å². The molecule has 0 unspecified atom stereocenters. The molecule has 2 aromatic carbocycles. The predicted octanol–water partition coefficient (Wildman–Crippen LogP) is 4.72. The zero-order valence-electron chi connectivity index (χ0n) is 15.0. The van der Waals surface area contributed by atoms with Crippen molar-refractivity contribution >= 4 is 28.1 Å². The fraction of sp³-hybridized carbons (Fsp3) is 0.143. The standard InChI is InChI=1S/C21H19BrN2O3/c1-14-6-8-18(19(22)10-14)20-9-7-17(27-20)13-23-24-21(25)12-15-4-3-5-16(11-15)26-2/h3-11,13H,12H2,1-2H3,(H,24,25)/b23-13+. The highest BCUT2D eigenvalue weighted by Crippen LogP contribution is 2.30. The largest absolute Gasteiger partial charge is 0.497 e. The summed E-state index contributed by atoms with van der Waals surface area (Å²) in [5.41, 5.74) is 5.48. The van der Waals surface area contributed by atoms with Gasteiger partial charge < -0.3 is 9.15 Å². The Bertz CT molecular complexity index is 979. The zero-order valence-corrected chi connectivity index (χ0v) is 16.6. The Hall–Kier alpha value is -2.86. The van der Waals surface area contributed by atoms with Crippen LogP contribution in [0.2, 0.25) is 0 Å². The Morgan fingerprint density at radius 1 is 1.22 bits per heavy atom. The van der Waals surface area contributed by atoms with E-state index in [1.54, 1.807) is 13.2 Å². The number of halogens is 1. The number of nitrogens with zero attached hydrogens (tertiary/aromatic N) is 1. The second-order valence-electron chi connectivity index (χ2n) is 6.01. The summed E-state index contributed by atoms with van der Waals surface area (Å²) in [5.74, 6) is 1.78. The molecule has 0 bridgehead atoms. The molecule has 0 spiro atoms. The molecule has 0 saturated heterocycles. The third-order valence-electron chi connectivity index (χ3n) is 3.90. The number of rotatable bonds is 6. The van der Waals surface area contributed by atoms with E-state index in [0.29, 0.717) is 11.5 Å². The smallest absolute Gasteiger partial charge is 0.244 e. The van der Waals surface area contributed by atoms with Crippen LogP contribution in [0.5, 0.6) is 5.75 Å². The van der Waals surface area contributed by atoms with E-state index < -0.39 is 0 Å². The number of aryl methyl sites for hydroxylation is 1. The lowest BCUT2D eigenvalue weighted by molar-refractivity contribution is -0.120. The van der Waals surface area contributed by atoms with Gasteiger partial charge >= 0.3 is 0 Å². The summed E-state index contributed by atoms with van der Waals surface area (Å²) in [6, 6.07) is 17.1. The Morgan fingerprint density at radius 3 is 2.85 bits per heavy atom. The van der Waals surface area contributed by atoms with Crippen LogP contribution in [0, 0.1) is 6.92 Å². The molecule has 1 aromatic heterocycles. The molecule has 3 aromatic rings. The van der Waals surface area contributed by atoms with E-state index in [1.807, 2.05) is 55.5 Å². The molecule has 3 rings (SSSR count). The number of ether oxygens (including phenoxy) is 1. The first-order chi connectivity index (χ1) is 13.0. The van der Waals surface area contributed by atoms with Gasteiger partial charge in [0, 0.05) is 10.0 Å². The van der Waals surface area contributed by atoms with Gasteiger partial charge in [0.25, 0.3) is 0 Å². The maximum atomic E-state index is 12.0. The lowest BCUT2D eigenvalue weighted by Gasteiger charge is -2.03.